The Bertz CT molecular complexity index is 86.5. The van der Waals surface area contributed by atoms with Gasteiger partial charge in [-0.2, -0.15) is 0 Å². The summed E-state index contributed by atoms with van der Waals surface area (Å²) in [5.74, 6) is 0. The summed E-state index contributed by atoms with van der Waals surface area (Å²) in [6.45, 7) is 3.53. The van der Waals surface area contributed by atoms with Crippen molar-refractivity contribution in [2.75, 3.05) is 33.4 Å². The van der Waals surface area contributed by atoms with Gasteiger partial charge in [0.05, 0.1) is 19.3 Å². The minimum atomic E-state index is 0. The lowest BCUT2D eigenvalue weighted by Gasteiger charge is -2.08. The summed E-state index contributed by atoms with van der Waals surface area (Å²) in [5, 5.41) is 3.23. The largest absolute Gasteiger partial charge is 0.382 e. The van der Waals surface area contributed by atoms with Gasteiger partial charge in [-0.3, -0.25) is 0 Å². The second kappa shape index (κ2) is 6.85. The molecule has 1 N–H and O–H groups in total. The predicted molar refractivity (Wildman–Crippen MR) is 46.4 cm³/mol. The van der Waals surface area contributed by atoms with Crippen LogP contribution < -0.4 is 5.32 Å². The average molecular weight is 182 g/mol. The molecule has 1 rings (SSSR count). The van der Waals surface area contributed by atoms with Gasteiger partial charge in [0.1, 0.15) is 0 Å². The van der Waals surface area contributed by atoms with Gasteiger partial charge < -0.3 is 14.8 Å². The molecule has 1 heterocycles. The molecule has 0 aromatic heterocycles. The normalized spacial score (nSPS) is 23.2. The molecule has 0 radical (unpaired) electrons. The van der Waals surface area contributed by atoms with E-state index in [2.05, 4.69) is 5.32 Å². The van der Waals surface area contributed by atoms with Crippen molar-refractivity contribution in [2.24, 2.45) is 0 Å². The highest BCUT2D eigenvalue weighted by Crippen LogP contribution is 2.01. The predicted octanol–water partition coefficient (Wildman–Crippen LogP) is 0.433. The molecule has 0 bridgehead atoms. The fraction of sp³-hybridized carbons (Fsp3) is 1.00. The van der Waals surface area contributed by atoms with Crippen molar-refractivity contribution in [1.82, 2.24) is 5.32 Å². The SMILES string of the molecule is COCCO[C@@H]1CCNC1.Cl. The molecule has 0 aromatic carbocycles. The Morgan fingerprint density at radius 2 is 2.27 bits per heavy atom. The van der Waals surface area contributed by atoms with Crippen LogP contribution in [0, 0.1) is 0 Å². The van der Waals surface area contributed by atoms with Gasteiger partial charge >= 0.3 is 0 Å². The molecule has 0 saturated carbocycles. The maximum atomic E-state index is 5.46. The van der Waals surface area contributed by atoms with Crippen LogP contribution in [0.4, 0.5) is 0 Å². The lowest BCUT2D eigenvalue weighted by molar-refractivity contribution is 0.0272. The summed E-state index contributed by atoms with van der Waals surface area (Å²) in [5.41, 5.74) is 0. The Morgan fingerprint density at radius 3 is 2.82 bits per heavy atom. The summed E-state index contributed by atoms with van der Waals surface area (Å²) in [6, 6.07) is 0. The fourth-order valence-electron chi connectivity index (χ4n) is 1.07. The van der Waals surface area contributed by atoms with Crippen LogP contribution in [-0.4, -0.2) is 39.5 Å². The van der Waals surface area contributed by atoms with E-state index >= 15 is 0 Å². The van der Waals surface area contributed by atoms with Gasteiger partial charge in [0.2, 0.25) is 0 Å². The zero-order chi connectivity index (χ0) is 7.23. The van der Waals surface area contributed by atoms with Gasteiger partial charge in [-0.15, -0.1) is 12.4 Å². The zero-order valence-electron chi connectivity index (χ0n) is 6.84. The van der Waals surface area contributed by atoms with Gasteiger partial charge in [-0.25, -0.2) is 0 Å². The van der Waals surface area contributed by atoms with E-state index in [4.69, 9.17) is 9.47 Å². The third kappa shape index (κ3) is 4.58. The monoisotopic (exact) mass is 181 g/mol. The molecule has 1 aliphatic heterocycles. The van der Waals surface area contributed by atoms with E-state index in [9.17, 15) is 0 Å². The van der Waals surface area contributed by atoms with E-state index in [0.717, 1.165) is 26.1 Å². The second-order valence-electron chi connectivity index (χ2n) is 2.48. The Morgan fingerprint density at radius 1 is 1.45 bits per heavy atom. The van der Waals surface area contributed by atoms with E-state index in [1.807, 2.05) is 0 Å². The summed E-state index contributed by atoms with van der Waals surface area (Å²) in [6.07, 6.45) is 1.57. The lowest BCUT2D eigenvalue weighted by atomic mass is 10.3. The van der Waals surface area contributed by atoms with Crippen LogP contribution in [0.1, 0.15) is 6.42 Å². The Kier molecular flexibility index (Phi) is 6.96. The van der Waals surface area contributed by atoms with Crippen LogP contribution in [0.25, 0.3) is 0 Å². The van der Waals surface area contributed by atoms with Crippen molar-refractivity contribution in [3.05, 3.63) is 0 Å². The quantitative estimate of drug-likeness (QED) is 0.639. The first-order chi connectivity index (χ1) is 4.93. The number of hydrogen-bond donors (Lipinski definition) is 1. The number of ether oxygens (including phenoxy) is 2. The van der Waals surface area contributed by atoms with E-state index < -0.39 is 0 Å². The van der Waals surface area contributed by atoms with Crippen molar-refractivity contribution in [3.63, 3.8) is 0 Å². The lowest BCUT2D eigenvalue weighted by Crippen LogP contribution is -2.18. The highest BCUT2D eigenvalue weighted by molar-refractivity contribution is 5.85. The molecule has 1 fully saturated rings. The van der Waals surface area contributed by atoms with Crippen LogP contribution >= 0.6 is 12.4 Å². The first-order valence-corrected chi connectivity index (χ1v) is 3.74. The molecule has 0 amide bonds. The summed E-state index contributed by atoms with van der Waals surface area (Å²) < 4.78 is 10.3. The van der Waals surface area contributed by atoms with Crippen LogP contribution in [0.15, 0.2) is 0 Å². The van der Waals surface area contributed by atoms with E-state index in [-0.39, 0.29) is 12.4 Å². The number of nitrogens with one attached hydrogen (secondary N) is 1. The molecule has 1 atom stereocenters. The Labute approximate surface area is 73.9 Å². The minimum absolute atomic E-state index is 0. The molecule has 0 aliphatic carbocycles. The molecule has 11 heavy (non-hydrogen) atoms. The Balaban J connectivity index is 0.000001000. The van der Waals surface area contributed by atoms with Crippen LogP contribution in [-0.2, 0) is 9.47 Å². The second-order valence-corrected chi connectivity index (χ2v) is 2.48. The molecule has 1 saturated heterocycles. The standard InChI is InChI=1S/C7H15NO2.ClH/c1-9-4-5-10-7-2-3-8-6-7;/h7-8H,2-6H2,1H3;1H/t7-;/m1./s1. The van der Waals surface area contributed by atoms with Crippen molar-refractivity contribution in [1.29, 1.82) is 0 Å². The molecular weight excluding hydrogens is 166 g/mol. The molecule has 3 nitrogen and oxygen atoms in total. The zero-order valence-corrected chi connectivity index (χ0v) is 7.65. The van der Waals surface area contributed by atoms with Crippen molar-refractivity contribution >= 4 is 12.4 Å². The van der Waals surface area contributed by atoms with Gasteiger partial charge in [-0.1, -0.05) is 0 Å². The van der Waals surface area contributed by atoms with Crippen molar-refractivity contribution < 1.29 is 9.47 Å². The van der Waals surface area contributed by atoms with Gasteiger partial charge in [-0.05, 0) is 13.0 Å². The maximum absolute atomic E-state index is 5.46. The van der Waals surface area contributed by atoms with Crippen molar-refractivity contribution in [3.8, 4) is 0 Å². The third-order valence-corrected chi connectivity index (χ3v) is 1.66. The maximum Gasteiger partial charge on any atom is 0.0712 e. The van der Waals surface area contributed by atoms with Crippen LogP contribution in [0.5, 0.6) is 0 Å². The first kappa shape index (κ1) is 11.2. The van der Waals surface area contributed by atoms with Crippen molar-refractivity contribution in [2.45, 2.75) is 12.5 Å². The van der Waals surface area contributed by atoms with Gasteiger partial charge in [0.15, 0.2) is 0 Å². The summed E-state index contributed by atoms with van der Waals surface area (Å²) in [7, 11) is 1.69. The molecule has 0 aromatic rings. The number of methoxy groups -OCH3 is 1. The van der Waals surface area contributed by atoms with Gasteiger partial charge in [0.25, 0.3) is 0 Å². The summed E-state index contributed by atoms with van der Waals surface area (Å²) >= 11 is 0. The highest BCUT2D eigenvalue weighted by atomic mass is 35.5. The van der Waals surface area contributed by atoms with Gasteiger partial charge in [0, 0.05) is 13.7 Å². The average Bonchev–Trinajstić information content (AvgIpc) is 2.41. The topological polar surface area (TPSA) is 30.5 Å². The molecule has 0 unspecified atom stereocenters. The third-order valence-electron chi connectivity index (χ3n) is 1.66. The number of halogens is 1. The molecule has 1 aliphatic rings. The number of hydrogen-bond acceptors (Lipinski definition) is 3. The van der Waals surface area contributed by atoms with Crippen LogP contribution in [0.3, 0.4) is 0 Å². The fourth-order valence-corrected chi connectivity index (χ4v) is 1.07. The molecule has 0 spiro atoms. The van der Waals surface area contributed by atoms with E-state index in [1.165, 1.54) is 0 Å². The number of rotatable bonds is 4. The molecule has 68 valence electrons. The highest BCUT2D eigenvalue weighted by Gasteiger charge is 2.13. The Hall–Kier alpha value is 0.170. The van der Waals surface area contributed by atoms with Crippen LogP contribution in [0.2, 0.25) is 0 Å². The summed E-state index contributed by atoms with van der Waals surface area (Å²) in [4.78, 5) is 0. The van der Waals surface area contributed by atoms with E-state index in [1.54, 1.807) is 7.11 Å². The first-order valence-electron chi connectivity index (χ1n) is 3.74. The molecule has 4 heteroatoms. The van der Waals surface area contributed by atoms with E-state index in [0.29, 0.717) is 12.7 Å². The smallest absolute Gasteiger partial charge is 0.0712 e. The molecular formula is C7H16ClNO2. The minimum Gasteiger partial charge on any atom is -0.382 e.